The maximum atomic E-state index is 12.6. The van der Waals surface area contributed by atoms with Gasteiger partial charge >= 0.3 is 0 Å². The highest BCUT2D eigenvalue weighted by Gasteiger charge is 2.19. The number of hydrogen-bond donors (Lipinski definition) is 1. The van der Waals surface area contributed by atoms with Crippen molar-refractivity contribution in [3.63, 3.8) is 0 Å². The molecule has 0 atom stereocenters. The van der Waals surface area contributed by atoms with Crippen LogP contribution in [-0.2, 0) is 13.0 Å². The van der Waals surface area contributed by atoms with E-state index in [4.69, 9.17) is 0 Å². The van der Waals surface area contributed by atoms with Crippen LogP contribution in [0, 0.1) is 12.8 Å². The highest BCUT2D eigenvalue weighted by Crippen LogP contribution is 2.23. The van der Waals surface area contributed by atoms with E-state index >= 15 is 0 Å². The lowest BCUT2D eigenvalue weighted by molar-refractivity contribution is 0.102. The van der Waals surface area contributed by atoms with Crippen LogP contribution in [0.4, 0.5) is 5.69 Å². The second-order valence-corrected chi connectivity index (χ2v) is 9.38. The van der Waals surface area contributed by atoms with Gasteiger partial charge in [-0.3, -0.25) is 9.69 Å². The standard InChI is InChI=1S/C27H29BrN2O/c1-20-17-25(11-12-26(20)28)29-27(31)24-9-7-23(8-10-24)19-30-15-13-22(14-16-30)18-21-5-3-2-4-6-21/h2-12,17,22H,13-16,18-19H2,1H3,(H,29,31). The van der Waals surface area contributed by atoms with E-state index in [0.29, 0.717) is 5.56 Å². The number of hydrogen-bond acceptors (Lipinski definition) is 2. The molecule has 4 rings (SSSR count). The van der Waals surface area contributed by atoms with Gasteiger partial charge in [0.05, 0.1) is 0 Å². The number of benzene rings is 3. The number of anilines is 1. The topological polar surface area (TPSA) is 32.3 Å². The number of nitrogens with one attached hydrogen (secondary N) is 1. The van der Waals surface area contributed by atoms with Crippen molar-refractivity contribution in [2.45, 2.75) is 32.7 Å². The molecule has 3 nitrogen and oxygen atoms in total. The van der Waals surface area contributed by atoms with Crippen LogP contribution in [0.25, 0.3) is 0 Å². The van der Waals surface area contributed by atoms with Crippen LogP contribution < -0.4 is 5.32 Å². The molecule has 0 aromatic heterocycles. The van der Waals surface area contributed by atoms with Crippen LogP contribution in [0.3, 0.4) is 0 Å². The average molecular weight is 477 g/mol. The maximum Gasteiger partial charge on any atom is 0.255 e. The summed E-state index contributed by atoms with van der Waals surface area (Å²) < 4.78 is 1.04. The molecule has 0 bridgehead atoms. The summed E-state index contributed by atoms with van der Waals surface area (Å²) in [5.74, 6) is 0.710. The molecule has 1 aliphatic rings. The van der Waals surface area contributed by atoms with Gasteiger partial charge in [-0.15, -0.1) is 0 Å². The van der Waals surface area contributed by atoms with E-state index < -0.39 is 0 Å². The van der Waals surface area contributed by atoms with Gasteiger partial charge in [0, 0.05) is 22.3 Å². The van der Waals surface area contributed by atoms with E-state index in [2.05, 4.69) is 68.6 Å². The van der Waals surface area contributed by atoms with Crippen molar-refractivity contribution in [1.29, 1.82) is 0 Å². The van der Waals surface area contributed by atoms with E-state index in [1.54, 1.807) is 0 Å². The normalized spacial score (nSPS) is 15.0. The molecular formula is C27H29BrN2O. The van der Waals surface area contributed by atoms with Crippen LogP contribution in [0.5, 0.6) is 0 Å². The van der Waals surface area contributed by atoms with Crippen LogP contribution in [0.1, 0.15) is 39.9 Å². The molecule has 31 heavy (non-hydrogen) atoms. The lowest BCUT2D eigenvalue weighted by atomic mass is 9.90. The fraction of sp³-hybridized carbons (Fsp3) is 0.296. The van der Waals surface area contributed by atoms with Gasteiger partial charge in [-0.2, -0.15) is 0 Å². The van der Waals surface area contributed by atoms with Gasteiger partial charge in [0.15, 0.2) is 0 Å². The fourth-order valence-electron chi connectivity index (χ4n) is 4.24. The molecule has 160 valence electrons. The summed E-state index contributed by atoms with van der Waals surface area (Å²) in [7, 11) is 0. The molecule has 1 N–H and O–H groups in total. The first-order chi connectivity index (χ1) is 15.1. The van der Waals surface area contributed by atoms with E-state index in [9.17, 15) is 4.79 Å². The van der Waals surface area contributed by atoms with Crippen LogP contribution in [-0.4, -0.2) is 23.9 Å². The van der Waals surface area contributed by atoms with E-state index in [1.807, 2.05) is 37.3 Å². The Labute approximate surface area is 193 Å². The summed E-state index contributed by atoms with van der Waals surface area (Å²) in [6, 6.07) is 24.7. The number of carbonyl (C=O) groups excluding carboxylic acids is 1. The molecule has 4 heteroatoms. The Kier molecular flexibility index (Phi) is 7.21. The molecule has 1 amide bonds. The lowest BCUT2D eigenvalue weighted by Gasteiger charge is -2.32. The minimum atomic E-state index is -0.0741. The number of carbonyl (C=O) groups is 1. The Balaban J connectivity index is 1.27. The minimum Gasteiger partial charge on any atom is -0.322 e. The van der Waals surface area contributed by atoms with Crippen molar-refractivity contribution in [3.05, 3.63) is 99.5 Å². The molecule has 0 saturated carbocycles. The van der Waals surface area contributed by atoms with Crippen molar-refractivity contribution < 1.29 is 4.79 Å². The summed E-state index contributed by atoms with van der Waals surface area (Å²) in [5, 5.41) is 2.98. The zero-order valence-corrected chi connectivity index (χ0v) is 19.6. The number of amides is 1. The van der Waals surface area contributed by atoms with Crippen molar-refractivity contribution in [3.8, 4) is 0 Å². The molecule has 0 aliphatic carbocycles. The molecular weight excluding hydrogens is 448 g/mol. The zero-order valence-electron chi connectivity index (χ0n) is 18.0. The van der Waals surface area contributed by atoms with Crippen LogP contribution in [0.15, 0.2) is 77.3 Å². The SMILES string of the molecule is Cc1cc(NC(=O)c2ccc(CN3CCC(Cc4ccccc4)CC3)cc2)ccc1Br. The van der Waals surface area contributed by atoms with Crippen molar-refractivity contribution in [2.75, 3.05) is 18.4 Å². The molecule has 0 spiro atoms. The number of rotatable bonds is 6. The number of piperidine rings is 1. The second-order valence-electron chi connectivity index (χ2n) is 8.52. The maximum absolute atomic E-state index is 12.6. The van der Waals surface area contributed by atoms with E-state index in [0.717, 1.165) is 41.3 Å². The Morgan fingerprint density at radius 1 is 0.968 bits per heavy atom. The lowest BCUT2D eigenvalue weighted by Crippen LogP contribution is -2.33. The van der Waals surface area contributed by atoms with Gasteiger partial charge in [0.25, 0.3) is 5.91 Å². The molecule has 1 saturated heterocycles. The quantitative estimate of drug-likeness (QED) is 0.442. The van der Waals surface area contributed by atoms with Gasteiger partial charge < -0.3 is 5.32 Å². The van der Waals surface area contributed by atoms with E-state index in [1.165, 1.54) is 30.4 Å². The average Bonchev–Trinajstić information content (AvgIpc) is 2.79. The van der Waals surface area contributed by atoms with Gasteiger partial charge in [-0.05, 0) is 92.2 Å². The Morgan fingerprint density at radius 3 is 2.35 bits per heavy atom. The monoisotopic (exact) mass is 476 g/mol. The highest BCUT2D eigenvalue weighted by molar-refractivity contribution is 9.10. The van der Waals surface area contributed by atoms with Crippen molar-refractivity contribution in [1.82, 2.24) is 4.90 Å². The summed E-state index contributed by atoms with van der Waals surface area (Å²) >= 11 is 3.49. The number of halogens is 1. The van der Waals surface area contributed by atoms with Crippen molar-refractivity contribution >= 4 is 27.5 Å². The smallest absolute Gasteiger partial charge is 0.255 e. The van der Waals surface area contributed by atoms with Crippen LogP contribution in [0.2, 0.25) is 0 Å². The third-order valence-electron chi connectivity index (χ3n) is 6.11. The molecule has 0 radical (unpaired) electrons. The molecule has 0 unspecified atom stereocenters. The number of likely N-dealkylation sites (tertiary alicyclic amines) is 1. The van der Waals surface area contributed by atoms with Gasteiger partial charge in [0.2, 0.25) is 0 Å². The third kappa shape index (κ3) is 6.05. The second kappa shape index (κ2) is 10.3. The Morgan fingerprint density at radius 2 is 1.68 bits per heavy atom. The molecule has 1 heterocycles. The predicted molar refractivity (Wildman–Crippen MR) is 131 cm³/mol. The molecule has 1 fully saturated rings. The van der Waals surface area contributed by atoms with Crippen LogP contribution >= 0.6 is 15.9 Å². The summed E-state index contributed by atoms with van der Waals surface area (Å²) in [6.45, 7) is 5.25. The summed E-state index contributed by atoms with van der Waals surface area (Å²) in [6.07, 6.45) is 3.69. The molecule has 1 aliphatic heterocycles. The first-order valence-electron chi connectivity index (χ1n) is 11.0. The number of nitrogens with zero attached hydrogens (tertiary/aromatic N) is 1. The largest absolute Gasteiger partial charge is 0.322 e. The number of aryl methyl sites for hydroxylation is 1. The molecule has 3 aromatic carbocycles. The fourth-order valence-corrected chi connectivity index (χ4v) is 4.49. The van der Waals surface area contributed by atoms with Gasteiger partial charge in [0.1, 0.15) is 0 Å². The first-order valence-corrected chi connectivity index (χ1v) is 11.8. The first kappa shape index (κ1) is 21.8. The predicted octanol–water partition coefficient (Wildman–Crippen LogP) is 6.46. The highest BCUT2D eigenvalue weighted by atomic mass is 79.9. The minimum absolute atomic E-state index is 0.0741. The zero-order chi connectivity index (χ0) is 21.6. The Hall–Kier alpha value is -2.43. The van der Waals surface area contributed by atoms with Gasteiger partial charge in [-0.25, -0.2) is 0 Å². The van der Waals surface area contributed by atoms with E-state index in [-0.39, 0.29) is 5.91 Å². The third-order valence-corrected chi connectivity index (χ3v) is 7.00. The van der Waals surface area contributed by atoms with Gasteiger partial charge in [-0.1, -0.05) is 58.4 Å². The van der Waals surface area contributed by atoms with Crippen molar-refractivity contribution in [2.24, 2.45) is 5.92 Å². The Bertz CT molecular complexity index is 1010. The summed E-state index contributed by atoms with van der Waals surface area (Å²) in [4.78, 5) is 15.1. The molecule has 3 aromatic rings. The summed E-state index contributed by atoms with van der Waals surface area (Å²) in [5.41, 5.74) is 5.31.